The fourth-order valence-corrected chi connectivity index (χ4v) is 4.30. The van der Waals surface area contributed by atoms with Gasteiger partial charge in [-0.1, -0.05) is 23.9 Å². The number of aromatic nitrogens is 5. The minimum absolute atomic E-state index is 0.0177. The van der Waals surface area contributed by atoms with Crippen molar-refractivity contribution in [1.82, 2.24) is 25.1 Å². The van der Waals surface area contributed by atoms with Crippen LogP contribution in [0.25, 0.3) is 27.4 Å². The molecule has 0 bridgehead atoms. The Hall–Kier alpha value is -3.18. The number of rotatable bonds is 6. The molecule has 0 aliphatic heterocycles. The third-order valence-corrected chi connectivity index (χ3v) is 6.03. The molecular formula is C19H17N5O4S2. The summed E-state index contributed by atoms with van der Waals surface area (Å²) in [5.41, 5.74) is 2.19. The lowest BCUT2D eigenvalue weighted by Crippen LogP contribution is -2.09. The molecule has 0 unspecified atom stereocenters. The number of H-pyrrole nitrogens is 1. The number of carbonyl (C=O) groups is 1. The number of fused-ring (bicyclic) bond motifs is 1. The van der Waals surface area contributed by atoms with Crippen LogP contribution in [0.15, 0.2) is 39.7 Å². The minimum atomic E-state index is -0.700. The van der Waals surface area contributed by atoms with Crippen LogP contribution in [-0.4, -0.2) is 49.1 Å². The first kappa shape index (κ1) is 20.1. The third-order valence-electron chi connectivity index (χ3n) is 4.14. The van der Waals surface area contributed by atoms with Crippen LogP contribution in [0.3, 0.4) is 0 Å². The summed E-state index contributed by atoms with van der Waals surface area (Å²) in [4.78, 5) is 24.9. The van der Waals surface area contributed by atoms with Crippen molar-refractivity contribution in [3.05, 3.63) is 46.6 Å². The van der Waals surface area contributed by atoms with E-state index in [9.17, 15) is 9.90 Å². The van der Waals surface area contributed by atoms with E-state index in [1.54, 1.807) is 6.07 Å². The van der Waals surface area contributed by atoms with Gasteiger partial charge in [0.1, 0.15) is 22.0 Å². The molecule has 3 aromatic heterocycles. The van der Waals surface area contributed by atoms with Crippen molar-refractivity contribution in [3.63, 3.8) is 0 Å². The van der Waals surface area contributed by atoms with Crippen molar-refractivity contribution < 1.29 is 19.1 Å². The highest BCUT2D eigenvalue weighted by Crippen LogP contribution is 2.31. The molecule has 30 heavy (non-hydrogen) atoms. The number of hydrogen-bond donors (Lipinski definition) is 2. The Kier molecular flexibility index (Phi) is 5.55. The zero-order chi connectivity index (χ0) is 21.3. The Balaban J connectivity index is 1.58. The Morgan fingerprint density at radius 2 is 2.07 bits per heavy atom. The number of ether oxygens (including phenoxy) is 1. The topological polar surface area (TPSA) is 127 Å². The van der Waals surface area contributed by atoms with Crippen molar-refractivity contribution in [3.8, 4) is 10.8 Å². The van der Waals surface area contributed by atoms with Crippen LogP contribution in [-0.2, 0) is 9.53 Å². The summed E-state index contributed by atoms with van der Waals surface area (Å²) in [6.07, 6.45) is 0. The first-order valence-electron chi connectivity index (χ1n) is 8.82. The summed E-state index contributed by atoms with van der Waals surface area (Å²) in [6.45, 7) is 3.78. The number of aryl methyl sites for hydroxylation is 2. The lowest BCUT2D eigenvalue weighted by molar-refractivity contribution is -0.133. The van der Waals surface area contributed by atoms with E-state index in [1.165, 1.54) is 18.4 Å². The maximum Gasteiger partial charge on any atom is 0.345 e. The van der Waals surface area contributed by atoms with E-state index in [2.05, 4.69) is 25.1 Å². The third kappa shape index (κ3) is 3.94. The number of benzene rings is 1. The number of aromatic amines is 1. The monoisotopic (exact) mass is 443 g/mol. The predicted molar refractivity (Wildman–Crippen MR) is 113 cm³/mol. The number of nitrogens with one attached hydrogen (secondary N) is 1. The number of imidazole rings is 1. The second-order valence-corrected chi connectivity index (χ2v) is 8.35. The lowest BCUT2D eigenvalue weighted by Gasteiger charge is -2.06. The van der Waals surface area contributed by atoms with Crippen LogP contribution in [0, 0.1) is 13.8 Å². The fourth-order valence-electron chi connectivity index (χ4n) is 2.82. The molecule has 2 N–H and O–H groups in total. The number of methoxy groups -OCH3 is 1. The van der Waals surface area contributed by atoms with Gasteiger partial charge in [-0.2, -0.15) is 0 Å². The van der Waals surface area contributed by atoms with E-state index in [-0.39, 0.29) is 28.1 Å². The molecule has 154 valence electrons. The van der Waals surface area contributed by atoms with Gasteiger partial charge in [-0.25, -0.2) is 14.8 Å². The molecule has 0 atom stereocenters. The first-order valence-corrected chi connectivity index (χ1v) is 10.6. The van der Waals surface area contributed by atoms with Gasteiger partial charge in [-0.15, -0.1) is 21.5 Å². The van der Waals surface area contributed by atoms with Crippen molar-refractivity contribution in [1.29, 1.82) is 0 Å². The van der Waals surface area contributed by atoms with Gasteiger partial charge in [0.05, 0.1) is 34.6 Å². The summed E-state index contributed by atoms with van der Waals surface area (Å²) in [5.74, 6) is -0.300. The van der Waals surface area contributed by atoms with Crippen LogP contribution >= 0.6 is 23.1 Å². The highest BCUT2D eigenvalue weighted by molar-refractivity contribution is 7.99. The van der Waals surface area contributed by atoms with Gasteiger partial charge in [0, 0.05) is 0 Å². The number of thioether (sulfide) groups is 1. The Morgan fingerprint density at radius 1 is 1.27 bits per heavy atom. The van der Waals surface area contributed by atoms with Crippen molar-refractivity contribution >= 4 is 45.7 Å². The van der Waals surface area contributed by atoms with E-state index in [1.807, 2.05) is 32.0 Å². The van der Waals surface area contributed by atoms with Crippen LogP contribution < -0.4 is 0 Å². The molecule has 1 aromatic carbocycles. The van der Waals surface area contributed by atoms with Gasteiger partial charge in [-0.05, 0) is 26.0 Å². The van der Waals surface area contributed by atoms with Crippen molar-refractivity contribution in [2.45, 2.75) is 19.1 Å². The largest absolute Gasteiger partial charge is 0.510 e. The van der Waals surface area contributed by atoms with E-state index < -0.39 is 5.97 Å². The molecule has 0 saturated heterocycles. The smallest absolute Gasteiger partial charge is 0.345 e. The molecule has 4 rings (SSSR count). The number of esters is 1. The molecule has 3 heterocycles. The van der Waals surface area contributed by atoms with Crippen LogP contribution in [0.1, 0.15) is 16.5 Å². The Morgan fingerprint density at radius 3 is 2.77 bits per heavy atom. The van der Waals surface area contributed by atoms with Gasteiger partial charge in [0.25, 0.3) is 11.1 Å². The van der Waals surface area contributed by atoms with Crippen molar-refractivity contribution in [2.75, 3.05) is 12.9 Å². The minimum Gasteiger partial charge on any atom is -0.510 e. The maximum atomic E-state index is 12.3. The number of hydrogen-bond acceptors (Lipinski definition) is 10. The molecule has 11 heteroatoms. The van der Waals surface area contributed by atoms with E-state index >= 15 is 0 Å². The van der Waals surface area contributed by atoms with Gasteiger partial charge in [-0.3, -0.25) is 0 Å². The molecule has 9 nitrogen and oxygen atoms in total. The highest BCUT2D eigenvalue weighted by Gasteiger charge is 2.23. The summed E-state index contributed by atoms with van der Waals surface area (Å²) in [5, 5.41) is 19.8. The quantitative estimate of drug-likeness (QED) is 0.197. The van der Waals surface area contributed by atoms with Gasteiger partial charge in [0.2, 0.25) is 0 Å². The normalized spacial score (nSPS) is 12.2. The standard InChI is InChI=1S/C19H17N5O4S2/c1-9-15(30-10(2)20-9)17-23-24-19(28-17)29-8-13(25)14(18(26)27-3)16-21-11-6-4-5-7-12(11)22-16/h4-7,25H,8H2,1-3H3,(H,21,22)/b14-13+. The Labute approximate surface area is 179 Å². The van der Waals surface area contributed by atoms with Crippen LogP contribution in [0.2, 0.25) is 0 Å². The first-order chi connectivity index (χ1) is 14.5. The second kappa shape index (κ2) is 8.28. The van der Waals surface area contributed by atoms with Gasteiger partial charge >= 0.3 is 5.97 Å². The molecule has 0 aliphatic carbocycles. The van der Waals surface area contributed by atoms with Crippen LogP contribution in [0.5, 0.6) is 0 Å². The number of para-hydroxylation sites is 2. The SMILES string of the molecule is COC(=O)/C(=C(/O)CSc1nnc(-c2sc(C)nc2C)o1)c1nc2ccccc2[nH]1. The average molecular weight is 444 g/mol. The van der Waals surface area contributed by atoms with Crippen molar-refractivity contribution in [2.24, 2.45) is 0 Å². The van der Waals surface area contributed by atoms with E-state index in [4.69, 9.17) is 9.15 Å². The number of nitrogens with zero attached hydrogens (tertiary/aromatic N) is 4. The number of aliphatic hydroxyl groups excluding tert-OH is 1. The number of carbonyl (C=O) groups excluding carboxylic acids is 1. The molecular weight excluding hydrogens is 426 g/mol. The molecule has 0 fully saturated rings. The predicted octanol–water partition coefficient (Wildman–Crippen LogP) is 3.92. The summed E-state index contributed by atoms with van der Waals surface area (Å²) in [7, 11) is 1.25. The molecule has 0 spiro atoms. The van der Waals surface area contributed by atoms with E-state index in [0.29, 0.717) is 11.4 Å². The Bertz CT molecular complexity index is 1220. The van der Waals surface area contributed by atoms with Gasteiger partial charge < -0.3 is 19.2 Å². The number of aliphatic hydroxyl groups is 1. The van der Waals surface area contributed by atoms with Gasteiger partial charge in [0.15, 0.2) is 0 Å². The zero-order valence-electron chi connectivity index (χ0n) is 16.3. The average Bonchev–Trinajstić information content (AvgIpc) is 3.44. The summed E-state index contributed by atoms with van der Waals surface area (Å²) >= 11 is 2.57. The van der Waals surface area contributed by atoms with Crippen LogP contribution in [0.4, 0.5) is 0 Å². The maximum absolute atomic E-state index is 12.3. The fraction of sp³-hybridized carbons (Fsp3) is 0.211. The zero-order valence-corrected chi connectivity index (χ0v) is 17.9. The molecule has 0 radical (unpaired) electrons. The second-order valence-electron chi connectivity index (χ2n) is 6.23. The summed E-state index contributed by atoms with van der Waals surface area (Å²) < 4.78 is 10.5. The van der Waals surface area contributed by atoms with E-state index in [0.717, 1.165) is 32.9 Å². The number of thiazole rings is 1. The lowest BCUT2D eigenvalue weighted by atomic mass is 10.2. The molecule has 0 saturated carbocycles. The molecule has 4 aromatic rings. The summed E-state index contributed by atoms with van der Waals surface area (Å²) in [6, 6.07) is 7.32. The molecule has 0 aliphatic rings. The molecule has 0 amide bonds. The highest BCUT2D eigenvalue weighted by atomic mass is 32.2.